The zero-order chi connectivity index (χ0) is 19.8. The van der Waals surface area contributed by atoms with Crippen LogP contribution in [-0.2, 0) is 14.8 Å². The molecule has 0 radical (unpaired) electrons. The van der Waals surface area contributed by atoms with E-state index in [0.29, 0.717) is 18.8 Å². The second-order valence-corrected chi connectivity index (χ2v) is 9.27. The fourth-order valence-corrected chi connectivity index (χ4v) is 3.86. The molecule has 0 bridgehead atoms. The number of anilines is 1. The lowest BCUT2D eigenvalue weighted by molar-refractivity contribution is -0.124. The highest BCUT2D eigenvalue weighted by atomic mass is 32.2. The Labute approximate surface area is 159 Å². The fraction of sp³-hybridized carbons (Fsp3) is 0.650. The van der Waals surface area contributed by atoms with Gasteiger partial charge in [-0.2, -0.15) is 4.31 Å². The van der Waals surface area contributed by atoms with E-state index in [1.807, 2.05) is 20.8 Å². The van der Waals surface area contributed by atoms with Crippen LogP contribution in [0, 0.1) is 5.41 Å². The molecule has 0 saturated heterocycles. The van der Waals surface area contributed by atoms with Crippen molar-refractivity contribution in [3.05, 3.63) is 24.3 Å². The van der Waals surface area contributed by atoms with Crippen LogP contribution in [0.4, 0.5) is 5.69 Å². The molecular weight excluding hydrogens is 348 g/mol. The van der Waals surface area contributed by atoms with E-state index in [4.69, 9.17) is 0 Å². The molecule has 0 spiro atoms. The van der Waals surface area contributed by atoms with Crippen molar-refractivity contribution in [3.8, 4) is 0 Å². The standard InChI is InChI=1S/C20H34N2O3S/c1-6-9-15-22(16-10-7-2)26(24,25)18-13-11-17(12-14-18)21-19(23)20(4,5)8-3/h11-14H,6-10,15-16H2,1-5H3,(H,21,23). The van der Waals surface area contributed by atoms with Crippen LogP contribution in [0.5, 0.6) is 0 Å². The summed E-state index contributed by atoms with van der Waals surface area (Å²) in [7, 11) is -3.50. The molecule has 0 heterocycles. The van der Waals surface area contributed by atoms with E-state index in [-0.39, 0.29) is 10.8 Å². The summed E-state index contributed by atoms with van der Waals surface area (Å²) in [4.78, 5) is 12.5. The number of carbonyl (C=O) groups excluding carboxylic acids is 1. The van der Waals surface area contributed by atoms with Gasteiger partial charge in [-0.15, -0.1) is 0 Å². The summed E-state index contributed by atoms with van der Waals surface area (Å²) >= 11 is 0. The Morgan fingerprint density at radius 3 is 1.92 bits per heavy atom. The van der Waals surface area contributed by atoms with E-state index in [2.05, 4.69) is 19.2 Å². The van der Waals surface area contributed by atoms with Gasteiger partial charge in [0.05, 0.1) is 4.90 Å². The van der Waals surface area contributed by atoms with Crippen LogP contribution in [0.2, 0.25) is 0 Å². The van der Waals surface area contributed by atoms with Crippen LogP contribution in [0.15, 0.2) is 29.2 Å². The van der Waals surface area contributed by atoms with Crippen molar-refractivity contribution in [1.82, 2.24) is 4.31 Å². The first-order chi connectivity index (χ1) is 12.2. The van der Waals surface area contributed by atoms with Gasteiger partial charge in [-0.25, -0.2) is 8.42 Å². The third-order valence-electron chi connectivity index (χ3n) is 4.77. The van der Waals surface area contributed by atoms with E-state index in [1.54, 1.807) is 28.6 Å². The van der Waals surface area contributed by atoms with Gasteiger partial charge in [0.1, 0.15) is 0 Å². The van der Waals surface area contributed by atoms with Crippen LogP contribution >= 0.6 is 0 Å². The topological polar surface area (TPSA) is 66.5 Å². The summed E-state index contributed by atoms with van der Waals surface area (Å²) < 4.78 is 27.4. The maximum atomic E-state index is 12.9. The van der Waals surface area contributed by atoms with Gasteiger partial charge in [0, 0.05) is 24.2 Å². The first kappa shape index (κ1) is 22.6. The molecule has 1 rings (SSSR count). The summed E-state index contributed by atoms with van der Waals surface area (Å²) in [5.41, 5.74) is 0.158. The summed E-state index contributed by atoms with van der Waals surface area (Å²) in [6.07, 6.45) is 4.34. The van der Waals surface area contributed by atoms with Gasteiger partial charge >= 0.3 is 0 Å². The molecule has 5 nitrogen and oxygen atoms in total. The molecule has 0 fully saturated rings. The maximum absolute atomic E-state index is 12.9. The summed E-state index contributed by atoms with van der Waals surface area (Å²) in [5, 5.41) is 2.86. The van der Waals surface area contributed by atoms with Crippen LogP contribution in [0.25, 0.3) is 0 Å². The number of carbonyl (C=O) groups is 1. The molecule has 6 heteroatoms. The largest absolute Gasteiger partial charge is 0.326 e. The molecule has 0 aromatic heterocycles. The van der Waals surface area contributed by atoms with Crippen molar-refractivity contribution in [2.75, 3.05) is 18.4 Å². The molecule has 1 amide bonds. The van der Waals surface area contributed by atoms with Gasteiger partial charge < -0.3 is 5.32 Å². The predicted molar refractivity (Wildman–Crippen MR) is 108 cm³/mol. The summed E-state index contributed by atoms with van der Waals surface area (Å²) in [6, 6.07) is 6.48. The van der Waals surface area contributed by atoms with Gasteiger partial charge in [0.25, 0.3) is 0 Å². The van der Waals surface area contributed by atoms with Crippen molar-refractivity contribution in [2.24, 2.45) is 5.41 Å². The molecule has 0 aliphatic rings. The van der Waals surface area contributed by atoms with E-state index in [0.717, 1.165) is 32.1 Å². The molecule has 26 heavy (non-hydrogen) atoms. The molecule has 1 aromatic carbocycles. The van der Waals surface area contributed by atoms with Crippen LogP contribution in [0.1, 0.15) is 66.7 Å². The van der Waals surface area contributed by atoms with Crippen LogP contribution in [-0.4, -0.2) is 31.7 Å². The van der Waals surface area contributed by atoms with E-state index in [1.165, 1.54) is 0 Å². The number of sulfonamides is 1. The van der Waals surface area contributed by atoms with Gasteiger partial charge in [0.15, 0.2) is 0 Å². The van der Waals surface area contributed by atoms with E-state index in [9.17, 15) is 13.2 Å². The number of hydrogen-bond acceptors (Lipinski definition) is 3. The molecule has 0 saturated carbocycles. The number of hydrogen-bond donors (Lipinski definition) is 1. The second-order valence-electron chi connectivity index (χ2n) is 7.33. The average Bonchev–Trinajstić information content (AvgIpc) is 2.62. The van der Waals surface area contributed by atoms with Crippen molar-refractivity contribution in [2.45, 2.75) is 71.6 Å². The number of rotatable bonds is 11. The highest BCUT2D eigenvalue weighted by molar-refractivity contribution is 7.89. The van der Waals surface area contributed by atoms with Crippen molar-refractivity contribution in [1.29, 1.82) is 0 Å². The molecule has 148 valence electrons. The zero-order valence-corrected chi connectivity index (χ0v) is 17.7. The average molecular weight is 383 g/mol. The SMILES string of the molecule is CCCCN(CCCC)S(=O)(=O)c1ccc(NC(=O)C(C)(C)CC)cc1. The highest BCUT2D eigenvalue weighted by Gasteiger charge is 2.26. The number of benzene rings is 1. The van der Waals surface area contributed by atoms with Crippen molar-refractivity contribution >= 4 is 21.6 Å². The van der Waals surface area contributed by atoms with Gasteiger partial charge in [0.2, 0.25) is 15.9 Å². The van der Waals surface area contributed by atoms with Crippen LogP contribution < -0.4 is 5.32 Å². The minimum absolute atomic E-state index is 0.0666. The van der Waals surface area contributed by atoms with Crippen LogP contribution in [0.3, 0.4) is 0 Å². The zero-order valence-electron chi connectivity index (χ0n) is 16.8. The first-order valence-electron chi connectivity index (χ1n) is 9.60. The Hall–Kier alpha value is -1.40. The minimum Gasteiger partial charge on any atom is -0.326 e. The van der Waals surface area contributed by atoms with Crippen molar-refractivity contribution in [3.63, 3.8) is 0 Å². The van der Waals surface area contributed by atoms with Gasteiger partial charge in [-0.1, -0.05) is 47.5 Å². The Morgan fingerprint density at radius 2 is 1.50 bits per heavy atom. The third kappa shape index (κ3) is 6.09. The molecule has 0 aliphatic heterocycles. The van der Waals surface area contributed by atoms with E-state index < -0.39 is 15.4 Å². The smallest absolute Gasteiger partial charge is 0.243 e. The minimum atomic E-state index is -3.50. The molecular formula is C20H34N2O3S. The quantitative estimate of drug-likeness (QED) is 0.606. The summed E-state index contributed by atoms with van der Waals surface area (Å²) in [5.74, 6) is -0.0666. The lowest BCUT2D eigenvalue weighted by atomic mass is 9.89. The lowest BCUT2D eigenvalue weighted by Gasteiger charge is -2.23. The number of amides is 1. The molecule has 0 unspecified atom stereocenters. The maximum Gasteiger partial charge on any atom is 0.243 e. The summed E-state index contributed by atoms with van der Waals surface area (Å²) in [6.45, 7) is 10.9. The Kier molecular flexibility index (Phi) is 8.77. The fourth-order valence-electron chi connectivity index (χ4n) is 2.34. The van der Waals surface area contributed by atoms with Gasteiger partial charge in [-0.3, -0.25) is 4.79 Å². The molecule has 1 N–H and O–H groups in total. The van der Waals surface area contributed by atoms with Gasteiger partial charge in [-0.05, 0) is 43.5 Å². The number of nitrogens with one attached hydrogen (secondary N) is 1. The Balaban J connectivity index is 2.94. The first-order valence-corrected chi connectivity index (χ1v) is 11.0. The third-order valence-corrected chi connectivity index (χ3v) is 6.68. The lowest BCUT2D eigenvalue weighted by Crippen LogP contribution is -2.33. The van der Waals surface area contributed by atoms with Crippen molar-refractivity contribution < 1.29 is 13.2 Å². The second kappa shape index (κ2) is 10.1. The Morgan fingerprint density at radius 1 is 1.00 bits per heavy atom. The Bertz CT molecular complexity index is 659. The number of unbranched alkanes of at least 4 members (excludes halogenated alkanes) is 2. The predicted octanol–water partition coefficient (Wildman–Crippen LogP) is 4.65. The molecule has 1 aromatic rings. The normalized spacial score (nSPS) is 12.4. The monoisotopic (exact) mass is 382 g/mol. The highest BCUT2D eigenvalue weighted by Crippen LogP contribution is 2.24. The molecule has 0 atom stereocenters. The number of nitrogens with zero attached hydrogens (tertiary/aromatic N) is 1. The molecule has 0 aliphatic carbocycles. The van der Waals surface area contributed by atoms with E-state index >= 15 is 0 Å².